The third-order valence-corrected chi connectivity index (χ3v) is 8.21. The Morgan fingerprint density at radius 3 is 1.83 bits per heavy atom. The number of carbonyl (C=O) groups is 1. The molecule has 1 amide bonds. The minimum absolute atomic E-state index is 0.227. The van der Waals surface area contributed by atoms with Gasteiger partial charge in [-0.25, -0.2) is 9.97 Å². The summed E-state index contributed by atoms with van der Waals surface area (Å²) >= 11 is 24.5. The van der Waals surface area contributed by atoms with Crippen molar-refractivity contribution in [3.63, 3.8) is 0 Å². The van der Waals surface area contributed by atoms with Gasteiger partial charge >= 0.3 is 0 Å². The molecule has 0 saturated carbocycles. The fourth-order valence-corrected chi connectivity index (χ4v) is 5.61. The van der Waals surface area contributed by atoms with E-state index >= 15 is 0 Å². The number of benzene rings is 4. The predicted octanol–water partition coefficient (Wildman–Crippen LogP) is 9.92. The monoisotopic (exact) mass is 687 g/mol. The first kappa shape index (κ1) is 31.4. The highest BCUT2D eigenvalue weighted by atomic mass is 35.5. The summed E-state index contributed by atoms with van der Waals surface area (Å²) in [6.07, 6.45) is 0. The van der Waals surface area contributed by atoms with Gasteiger partial charge in [0.2, 0.25) is 0 Å². The summed E-state index contributed by atoms with van der Waals surface area (Å²) in [7, 11) is 0. The molecule has 0 spiro atoms. The normalized spacial score (nSPS) is 11.0. The number of carbonyl (C=O) groups excluding carboxylic acids is 1. The first-order valence-corrected chi connectivity index (χ1v) is 15.5. The second-order valence-corrected chi connectivity index (χ2v) is 12.2. The van der Waals surface area contributed by atoms with Crippen molar-refractivity contribution in [2.45, 2.75) is 13.8 Å². The Balaban J connectivity index is 0.000000178. The van der Waals surface area contributed by atoms with Crippen molar-refractivity contribution in [2.75, 3.05) is 11.1 Å². The summed E-state index contributed by atoms with van der Waals surface area (Å²) in [6.45, 7) is 3.70. The largest absolute Gasteiger partial charge is 0.399 e. The van der Waals surface area contributed by atoms with Crippen LogP contribution in [-0.2, 0) is 0 Å². The van der Waals surface area contributed by atoms with Crippen LogP contribution in [-0.4, -0.2) is 30.8 Å². The van der Waals surface area contributed by atoms with E-state index in [0.29, 0.717) is 59.9 Å². The molecule has 7 rings (SSSR count). The van der Waals surface area contributed by atoms with Gasteiger partial charge in [-0.1, -0.05) is 46.4 Å². The van der Waals surface area contributed by atoms with Crippen LogP contribution in [0.15, 0.2) is 84.9 Å². The number of nitrogens with two attached hydrogens (primary N) is 1. The van der Waals surface area contributed by atoms with Gasteiger partial charge in [0.05, 0.1) is 43.4 Å². The van der Waals surface area contributed by atoms with Gasteiger partial charge in [-0.15, -0.1) is 0 Å². The Bertz CT molecular complexity index is 2260. The minimum Gasteiger partial charge on any atom is -0.399 e. The lowest BCUT2D eigenvalue weighted by Crippen LogP contribution is -2.14. The molecule has 46 heavy (non-hydrogen) atoms. The molecule has 230 valence electrons. The van der Waals surface area contributed by atoms with Crippen LogP contribution in [0.4, 0.5) is 11.4 Å². The lowest BCUT2D eigenvalue weighted by molar-refractivity contribution is 0.102. The second kappa shape index (κ2) is 13.0. The van der Waals surface area contributed by atoms with E-state index in [-0.39, 0.29) is 5.91 Å². The number of halogens is 4. The molecular formula is C34H25Cl4N7O. The number of hydrogen-bond donors (Lipinski definition) is 4. The van der Waals surface area contributed by atoms with Crippen LogP contribution in [0.2, 0.25) is 20.1 Å². The standard InChI is InChI=1S/C21H16Cl2N4O.C13H9Cl2N3/c1-11-3-6-15(12(2)24-11)21(28)25-14-5-7-17(23)16(10-14)20-26-18-8-4-13(22)9-19(18)27-20;14-7-1-4-11-12(5-7)18-13(17-11)9-6-8(16)2-3-10(9)15/h3-10H,1-2H3,(H,25,28)(H,26,27);1-6H,16H2,(H,17,18). The van der Waals surface area contributed by atoms with E-state index in [1.807, 2.05) is 38.1 Å². The lowest BCUT2D eigenvalue weighted by Gasteiger charge is -2.10. The Hall–Kier alpha value is -4.60. The topological polar surface area (TPSA) is 125 Å². The van der Waals surface area contributed by atoms with E-state index in [9.17, 15) is 4.79 Å². The van der Waals surface area contributed by atoms with Crippen molar-refractivity contribution in [1.29, 1.82) is 0 Å². The molecule has 0 aliphatic heterocycles. The zero-order chi connectivity index (χ0) is 32.5. The fourth-order valence-electron chi connectivity index (χ4n) is 4.85. The number of hydrogen-bond acceptors (Lipinski definition) is 5. The Labute approximate surface area is 283 Å². The van der Waals surface area contributed by atoms with Gasteiger partial charge in [0.1, 0.15) is 11.6 Å². The molecule has 8 nitrogen and oxygen atoms in total. The van der Waals surface area contributed by atoms with Crippen LogP contribution in [0, 0.1) is 13.8 Å². The molecule has 0 fully saturated rings. The molecule has 7 aromatic rings. The maximum absolute atomic E-state index is 12.6. The number of pyridine rings is 1. The molecule has 5 N–H and O–H groups in total. The molecule has 0 aliphatic rings. The molecule has 3 aromatic heterocycles. The predicted molar refractivity (Wildman–Crippen MR) is 189 cm³/mol. The van der Waals surface area contributed by atoms with Crippen LogP contribution in [0.5, 0.6) is 0 Å². The average molecular weight is 689 g/mol. The number of aryl methyl sites for hydroxylation is 2. The van der Waals surface area contributed by atoms with Gasteiger partial charge in [-0.3, -0.25) is 9.78 Å². The first-order valence-electron chi connectivity index (χ1n) is 14.0. The first-order chi connectivity index (χ1) is 22.0. The molecule has 0 bridgehead atoms. The van der Waals surface area contributed by atoms with Crippen molar-refractivity contribution in [2.24, 2.45) is 0 Å². The number of aromatic amines is 2. The van der Waals surface area contributed by atoms with E-state index in [1.54, 1.807) is 60.7 Å². The number of amides is 1. The SMILES string of the molecule is Cc1ccc(C(=O)Nc2ccc(Cl)c(-c3nc4ccc(Cl)cc4[nH]3)c2)c(C)n1.Nc1ccc(Cl)c(-c2nc3ccc(Cl)cc3[nH]2)c1. The van der Waals surface area contributed by atoms with E-state index in [0.717, 1.165) is 33.3 Å². The van der Waals surface area contributed by atoms with Crippen LogP contribution >= 0.6 is 46.4 Å². The Morgan fingerprint density at radius 2 is 1.24 bits per heavy atom. The smallest absolute Gasteiger partial charge is 0.257 e. The number of nitrogens with one attached hydrogen (secondary N) is 3. The third-order valence-electron chi connectivity index (χ3n) is 7.08. The van der Waals surface area contributed by atoms with Gasteiger partial charge in [-0.05, 0) is 98.8 Å². The minimum atomic E-state index is -0.227. The summed E-state index contributed by atoms with van der Waals surface area (Å²) in [5.74, 6) is 1.06. The second-order valence-electron chi connectivity index (χ2n) is 10.5. The average Bonchev–Trinajstić information content (AvgIpc) is 3.63. The third kappa shape index (κ3) is 6.80. The van der Waals surface area contributed by atoms with Crippen LogP contribution in [0.3, 0.4) is 0 Å². The number of imidazole rings is 2. The summed E-state index contributed by atoms with van der Waals surface area (Å²) in [4.78, 5) is 32.4. The number of rotatable bonds is 4. The lowest BCUT2D eigenvalue weighted by atomic mass is 10.1. The van der Waals surface area contributed by atoms with Crippen molar-refractivity contribution in [3.05, 3.63) is 122 Å². The number of nitrogens with zero attached hydrogens (tertiary/aromatic N) is 3. The summed E-state index contributed by atoms with van der Waals surface area (Å²) in [6, 6.07) is 25.1. The number of fused-ring (bicyclic) bond motifs is 2. The van der Waals surface area contributed by atoms with E-state index in [1.165, 1.54) is 0 Å². The molecule has 0 aliphatic carbocycles. The highest BCUT2D eigenvalue weighted by Crippen LogP contribution is 2.32. The molecule has 0 saturated heterocycles. The maximum atomic E-state index is 12.6. The number of aromatic nitrogens is 5. The molecular weight excluding hydrogens is 664 g/mol. The van der Waals surface area contributed by atoms with Crippen molar-refractivity contribution < 1.29 is 4.79 Å². The molecule has 0 radical (unpaired) electrons. The zero-order valence-electron chi connectivity index (χ0n) is 24.4. The summed E-state index contributed by atoms with van der Waals surface area (Å²) in [5.41, 5.74) is 13.9. The molecule has 12 heteroatoms. The van der Waals surface area contributed by atoms with E-state index in [2.05, 4.69) is 30.2 Å². The highest BCUT2D eigenvalue weighted by Gasteiger charge is 2.14. The zero-order valence-corrected chi connectivity index (χ0v) is 27.4. The molecule has 4 aromatic carbocycles. The fraction of sp³-hybridized carbons (Fsp3) is 0.0588. The van der Waals surface area contributed by atoms with Crippen LogP contribution < -0.4 is 11.1 Å². The van der Waals surface area contributed by atoms with E-state index < -0.39 is 0 Å². The Kier molecular flexibility index (Phi) is 8.88. The van der Waals surface area contributed by atoms with Crippen LogP contribution in [0.1, 0.15) is 21.7 Å². The quantitative estimate of drug-likeness (QED) is 0.137. The van der Waals surface area contributed by atoms with Gasteiger partial charge < -0.3 is 21.0 Å². The van der Waals surface area contributed by atoms with Gasteiger partial charge in [0.25, 0.3) is 5.91 Å². The highest BCUT2D eigenvalue weighted by molar-refractivity contribution is 6.34. The van der Waals surface area contributed by atoms with Crippen molar-refractivity contribution in [3.8, 4) is 22.8 Å². The van der Waals surface area contributed by atoms with Gasteiger partial charge in [-0.2, -0.15) is 0 Å². The number of H-pyrrole nitrogens is 2. The summed E-state index contributed by atoms with van der Waals surface area (Å²) in [5, 5.41) is 5.31. The maximum Gasteiger partial charge on any atom is 0.257 e. The molecule has 3 heterocycles. The number of anilines is 2. The van der Waals surface area contributed by atoms with Crippen LogP contribution in [0.25, 0.3) is 44.8 Å². The van der Waals surface area contributed by atoms with Crippen molar-refractivity contribution >= 4 is 85.8 Å². The van der Waals surface area contributed by atoms with E-state index in [4.69, 9.17) is 52.1 Å². The summed E-state index contributed by atoms with van der Waals surface area (Å²) < 4.78 is 0. The van der Waals surface area contributed by atoms with Gasteiger partial charge in [0, 0.05) is 38.2 Å². The number of nitrogen functional groups attached to an aromatic ring is 1. The molecule has 0 unspecified atom stereocenters. The van der Waals surface area contributed by atoms with Crippen molar-refractivity contribution in [1.82, 2.24) is 24.9 Å². The van der Waals surface area contributed by atoms with Gasteiger partial charge in [0.15, 0.2) is 0 Å². The Morgan fingerprint density at radius 1 is 0.674 bits per heavy atom. The molecule has 0 atom stereocenters.